The van der Waals surface area contributed by atoms with Gasteiger partial charge in [0.05, 0.1) is 4.92 Å². The first-order chi connectivity index (χ1) is 9.91. The molecule has 0 radical (unpaired) electrons. The number of nitrogens with zero attached hydrogens (tertiary/aromatic N) is 1. The van der Waals surface area contributed by atoms with E-state index in [0.29, 0.717) is 11.1 Å². The molecular formula is C15H14N2O4. The van der Waals surface area contributed by atoms with E-state index in [1.165, 1.54) is 31.2 Å². The summed E-state index contributed by atoms with van der Waals surface area (Å²) in [5.41, 5.74) is 5.47. The van der Waals surface area contributed by atoms with E-state index in [0.717, 1.165) is 0 Å². The van der Waals surface area contributed by atoms with Crippen LogP contribution in [0.25, 0.3) is 0 Å². The first kappa shape index (κ1) is 16.0. The number of non-ortho nitro benzene ring substituents is 1. The first-order valence-corrected chi connectivity index (χ1v) is 6.02. The molecule has 0 aliphatic heterocycles. The molecule has 0 atom stereocenters. The zero-order chi connectivity index (χ0) is 15.8. The average molecular weight is 286 g/mol. The van der Waals surface area contributed by atoms with Crippen LogP contribution in [0.3, 0.4) is 0 Å². The second-order valence-corrected chi connectivity index (χ2v) is 4.11. The summed E-state index contributed by atoms with van der Waals surface area (Å²) in [7, 11) is 0. The lowest BCUT2D eigenvalue weighted by molar-refractivity contribution is -0.384. The molecule has 6 heteroatoms. The van der Waals surface area contributed by atoms with Gasteiger partial charge < -0.3 is 5.73 Å². The Bertz CT molecular complexity index is 632. The topological polar surface area (TPSA) is 103 Å². The molecule has 0 saturated heterocycles. The van der Waals surface area contributed by atoms with Gasteiger partial charge in [-0.2, -0.15) is 0 Å². The van der Waals surface area contributed by atoms with Gasteiger partial charge in [-0.05, 0) is 12.1 Å². The number of carbonyl (C=O) groups is 2. The van der Waals surface area contributed by atoms with Gasteiger partial charge >= 0.3 is 0 Å². The SMILES string of the molecule is CC(N)=O.O=C(c1ccccc1)c1ccc([N+](=O)[O-])cc1. The number of ketones is 1. The normalized spacial score (nSPS) is 9.19. The third-order valence-electron chi connectivity index (χ3n) is 2.38. The zero-order valence-corrected chi connectivity index (χ0v) is 11.4. The second kappa shape index (κ2) is 7.54. The van der Waals surface area contributed by atoms with Crippen molar-refractivity contribution in [3.63, 3.8) is 0 Å². The van der Waals surface area contributed by atoms with Crippen LogP contribution in [0.15, 0.2) is 54.6 Å². The fourth-order valence-electron chi connectivity index (χ4n) is 1.49. The fourth-order valence-corrected chi connectivity index (χ4v) is 1.49. The first-order valence-electron chi connectivity index (χ1n) is 6.02. The summed E-state index contributed by atoms with van der Waals surface area (Å²) in [6, 6.07) is 14.4. The van der Waals surface area contributed by atoms with Crippen LogP contribution in [0.2, 0.25) is 0 Å². The molecule has 0 saturated carbocycles. The molecule has 0 spiro atoms. The van der Waals surface area contributed by atoms with E-state index >= 15 is 0 Å². The minimum absolute atomic E-state index is 0.0189. The number of amides is 1. The van der Waals surface area contributed by atoms with Crippen LogP contribution in [-0.4, -0.2) is 16.6 Å². The third-order valence-corrected chi connectivity index (χ3v) is 2.38. The van der Waals surface area contributed by atoms with Crippen LogP contribution in [0.4, 0.5) is 5.69 Å². The Morgan fingerprint density at radius 1 is 0.952 bits per heavy atom. The maximum absolute atomic E-state index is 12.0. The number of carbonyl (C=O) groups excluding carboxylic acids is 2. The van der Waals surface area contributed by atoms with Gasteiger partial charge in [0.15, 0.2) is 5.78 Å². The lowest BCUT2D eigenvalue weighted by Gasteiger charge is -2.00. The van der Waals surface area contributed by atoms with Crippen molar-refractivity contribution in [3.05, 3.63) is 75.8 Å². The molecule has 0 aliphatic rings. The van der Waals surface area contributed by atoms with Gasteiger partial charge in [-0.15, -0.1) is 0 Å². The molecule has 6 nitrogen and oxygen atoms in total. The lowest BCUT2D eigenvalue weighted by atomic mass is 10.0. The van der Waals surface area contributed by atoms with Gasteiger partial charge in [-0.3, -0.25) is 19.7 Å². The molecule has 2 aromatic carbocycles. The van der Waals surface area contributed by atoms with E-state index < -0.39 is 4.92 Å². The van der Waals surface area contributed by atoms with Crippen LogP contribution < -0.4 is 5.73 Å². The summed E-state index contributed by atoms with van der Waals surface area (Å²) in [6.07, 6.45) is 0. The molecule has 0 heterocycles. The average Bonchev–Trinajstić information content (AvgIpc) is 2.47. The van der Waals surface area contributed by atoms with Crippen molar-refractivity contribution < 1.29 is 14.5 Å². The van der Waals surface area contributed by atoms with Gasteiger partial charge in [0.2, 0.25) is 5.91 Å². The maximum Gasteiger partial charge on any atom is 0.269 e. The lowest BCUT2D eigenvalue weighted by Crippen LogP contribution is -2.01. The van der Waals surface area contributed by atoms with E-state index in [9.17, 15) is 19.7 Å². The van der Waals surface area contributed by atoms with Gasteiger partial charge in [0, 0.05) is 30.2 Å². The molecule has 2 N–H and O–H groups in total. The van der Waals surface area contributed by atoms with E-state index in [4.69, 9.17) is 0 Å². The van der Waals surface area contributed by atoms with Crippen molar-refractivity contribution in [1.29, 1.82) is 0 Å². The van der Waals surface area contributed by atoms with Crippen molar-refractivity contribution in [3.8, 4) is 0 Å². The highest BCUT2D eigenvalue weighted by Gasteiger charge is 2.10. The molecule has 0 unspecified atom stereocenters. The summed E-state index contributed by atoms with van der Waals surface area (Å²) in [4.78, 5) is 31.2. The molecule has 2 rings (SSSR count). The number of nitro benzene ring substituents is 1. The van der Waals surface area contributed by atoms with E-state index in [1.54, 1.807) is 24.3 Å². The number of nitrogens with two attached hydrogens (primary N) is 1. The van der Waals surface area contributed by atoms with Gasteiger partial charge in [-0.1, -0.05) is 30.3 Å². The van der Waals surface area contributed by atoms with Gasteiger partial charge in [-0.25, -0.2) is 0 Å². The van der Waals surface area contributed by atoms with Crippen molar-refractivity contribution >= 4 is 17.4 Å². The Balaban J connectivity index is 0.000000491. The molecule has 2 aromatic rings. The summed E-state index contributed by atoms with van der Waals surface area (Å²) in [5, 5.41) is 10.5. The number of nitro groups is 1. The summed E-state index contributed by atoms with van der Waals surface area (Å²) in [6.45, 7) is 1.31. The Morgan fingerprint density at radius 2 is 1.38 bits per heavy atom. The molecule has 1 amide bonds. The fraction of sp³-hybridized carbons (Fsp3) is 0.0667. The Morgan fingerprint density at radius 3 is 1.81 bits per heavy atom. The van der Waals surface area contributed by atoms with Crippen LogP contribution in [-0.2, 0) is 4.79 Å². The predicted octanol–water partition coefficient (Wildman–Crippen LogP) is 2.32. The van der Waals surface area contributed by atoms with Crippen molar-refractivity contribution in [2.75, 3.05) is 0 Å². The van der Waals surface area contributed by atoms with E-state index in [-0.39, 0.29) is 17.4 Å². The summed E-state index contributed by atoms with van der Waals surface area (Å²) < 4.78 is 0. The van der Waals surface area contributed by atoms with Crippen LogP contribution in [0, 0.1) is 10.1 Å². The van der Waals surface area contributed by atoms with Gasteiger partial charge in [0.1, 0.15) is 0 Å². The maximum atomic E-state index is 12.0. The van der Waals surface area contributed by atoms with E-state index in [1.807, 2.05) is 6.07 Å². The van der Waals surface area contributed by atoms with Crippen LogP contribution in [0.5, 0.6) is 0 Å². The number of hydrogen-bond donors (Lipinski definition) is 1. The monoisotopic (exact) mass is 286 g/mol. The highest BCUT2D eigenvalue weighted by Crippen LogP contribution is 2.15. The molecule has 0 bridgehead atoms. The molecule has 0 fully saturated rings. The van der Waals surface area contributed by atoms with Crippen LogP contribution in [0.1, 0.15) is 22.8 Å². The van der Waals surface area contributed by atoms with E-state index in [2.05, 4.69) is 5.73 Å². The minimum atomic E-state index is -0.489. The smallest absolute Gasteiger partial charge is 0.269 e. The third kappa shape index (κ3) is 5.23. The van der Waals surface area contributed by atoms with Gasteiger partial charge in [0.25, 0.3) is 5.69 Å². The predicted molar refractivity (Wildman–Crippen MR) is 77.8 cm³/mol. The zero-order valence-electron chi connectivity index (χ0n) is 11.4. The molecule has 21 heavy (non-hydrogen) atoms. The number of benzene rings is 2. The minimum Gasteiger partial charge on any atom is -0.370 e. The number of rotatable bonds is 3. The highest BCUT2D eigenvalue weighted by atomic mass is 16.6. The quantitative estimate of drug-likeness (QED) is 0.531. The van der Waals surface area contributed by atoms with Crippen molar-refractivity contribution in [2.24, 2.45) is 5.73 Å². The number of hydrogen-bond acceptors (Lipinski definition) is 4. The summed E-state index contributed by atoms with van der Waals surface area (Å²) >= 11 is 0. The second-order valence-electron chi connectivity index (χ2n) is 4.11. The standard InChI is InChI=1S/C13H9NO3.C2H5NO/c15-13(10-4-2-1-3-5-10)11-6-8-12(9-7-11)14(16)17;1-2(3)4/h1-9H;1H3,(H2,3,4). The van der Waals surface area contributed by atoms with Crippen molar-refractivity contribution in [1.82, 2.24) is 0 Å². The number of primary amides is 1. The largest absolute Gasteiger partial charge is 0.370 e. The Kier molecular flexibility index (Phi) is 5.76. The summed E-state index contributed by atoms with van der Waals surface area (Å²) in [5.74, 6) is -0.472. The Hall–Kier alpha value is -3.02. The molecular weight excluding hydrogens is 272 g/mol. The van der Waals surface area contributed by atoms with Crippen LogP contribution >= 0.6 is 0 Å². The molecule has 0 aliphatic carbocycles. The highest BCUT2D eigenvalue weighted by molar-refractivity contribution is 6.09. The Labute approximate surface area is 121 Å². The molecule has 108 valence electrons. The van der Waals surface area contributed by atoms with Crippen molar-refractivity contribution in [2.45, 2.75) is 6.92 Å². The molecule has 0 aromatic heterocycles.